The van der Waals surface area contributed by atoms with Gasteiger partial charge in [0.2, 0.25) is 5.91 Å². The summed E-state index contributed by atoms with van der Waals surface area (Å²) in [5, 5.41) is 6.88. The van der Waals surface area contributed by atoms with Crippen molar-refractivity contribution in [1.82, 2.24) is 9.55 Å². The van der Waals surface area contributed by atoms with Gasteiger partial charge in [0.05, 0.1) is 37.3 Å². The van der Waals surface area contributed by atoms with E-state index in [1.54, 1.807) is 10.8 Å². The number of aromatic nitrogens is 2. The quantitative estimate of drug-likeness (QED) is 0.719. The van der Waals surface area contributed by atoms with Crippen LogP contribution in [-0.4, -0.2) is 47.8 Å². The highest BCUT2D eigenvalue weighted by Crippen LogP contribution is 2.34. The minimum Gasteiger partial charge on any atom is -0.464 e. The largest absolute Gasteiger partial charge is 0.464 e. The van der Waals surface area contributed by atoms with Crippen molar-refractivity contribution >= 4 is 34.3 Å². The zero-order chi connectivity index (χ0) is 21.2. The maximum atomic E-state index is 12.6. The summed E-state index contributed by atoms with van der Waals surface area (Å²) in [6.07, 6.45) is 3.66. The highest BCUT2D eigenvalue weighted by Gasteiger charge is 2.28. The average molecular weight is 402 g/mol. The minimum absolute atomic E-state index is 0.000300. The normalized spacial score (nSPS) is 16.8. The number of rotatable bonds is 6. The van der Waals surface area contributed by atoms with Gasteiger partial charge >= 0.3 is 5.97 Å². The number of nitrogens with zero attached hydrogens (tertiary/aromatic N) is 2. The van der Waals surface area contributed by atoms with E-state index in [-0.39, 0.29) is 23.1 Å². The molecular weight excluding hydrogens is 372 g/mol. The maximum absolute atomic E-state index is 12.6. The molecule has 0 aliphatic carbocycles. The van der Waals surface area contributed by atoms with Gasteiger partial charge in [-0.2, -0.15) is 0 Å². The number of methoxy groups -OCH3 is 1. The van der Waals surface area contributed by atoms with Crippen LogP contribution in [0.15, 0.2) is 12.3 Å². The third kappa shape index (κ3) is 4.87. The first-order chi connectivity index (χ1) is 13.7. The Balaban J connectivity index is 2.12. The first kappa shape index (κ1) is 21.1. The van der Waals surface area contributed by atoms with Crippen molar-refractivity contribution in [2.24, 2.45) is 5.41 Å². The summed E-state index contributed by atoms with van der Waals surface area (Å²) in [4.78, 5) is 29.1. The molecule has 29 heavy (non-hydrogen) atoms. The minimum atomic E-state index is -0.519. The number of hydrogen-bond acceptors (Lipinski definition) is 6. The molecule has 8 heteroatoms. The van der Waals surface area contributed by atoms with Crippen LogP contribution in [0.2, 0.25) is 0 Å². The van der Waals surface area contributed by atoms with Crippen molar-refractivity contribution in [1.29, 1.82) is 0 Å². The average Bonchev–Trinajstić information content (AvgIpc) is 3.26. The summed E-state index contributed by atoms with van der Waals surface area (Å²) in [5.41, 5.74) is 2.24. The fourth-order valence-electron chi connectivity index (χ4n) is 3.47. The van der Waals surface area contributed by atoms with Crippen LogP contribution in [0.5, 0.6) is 0 Å². The fourth-order valence-corrected chi connectivity index (χ4v) is 3.47. The number of anilines is 2. The number of fused-ring (bicyclic) bond motifs is 1. The Morgan fingerprint density at radius 2 is 2.14 bits per heavy atom. The molecule has 158 valence electrons. The molecule has 3 rings (SSSR count). The predicted molar refractivity (Wildman–Crippen MR) is 112 cm³/mol. The van der Waals surface area contributed by atoms with Crippen LogP contribution in [0, 0.1) is 5.41 Å². The molecule has 1 amide bonds. The Bertz CT molecular complexity index is 908. The van der Waals surface area contributed by atoms with Crippen molar-refractivity contribution < 1.29 is 19.1 Å². The molecule has 2 N–H and O–H groups in total. The van der Waals surface area contributed by atoms with E-state index in [2.05, 4.69) is 36.4 Å². The van der Waals surface area contributed by atoms with E-state index in [9.17, 15) is 9.59 Å². The van der Waals surface area contributed by atoms with Gasteiger partial charge in [-0.25, -0.2) is 9.78 Å². The standard InChI is InChI=1S/C21H30N4O4/c1-13(26)24-17-16-9-14(23-12-21(2,3)4)10-22-19(16)25(18(17)20(27)28-5)11-15-7-6-8-29-15/h9-10,15,23H,6-8,11-12H2,1-5H3,(H,24,26). The first-order valence-electron chi connectivity index (χ1n) is 9.93. The summed E-state index contributed by atoms with van der Waals surface area (Å²) < 4.78 is 12.6. The lowest BCUT2D eigenvalue weighted by molar-refractivity contribution is -0.114. The monoisotopic (exact) mass is 402 g/mol. The van der Waals surface area contributed by atoms with Crippen molar-refractivity contribution in [2.45, 2.75) is 53.2 Å². The van der Waals surface area contributed by atoms with Gasteiger partial charge in [-0.3, -0.25) is 4.79 Å². The molecule has 0 bridgehead atoms. The zero-order valence-corrected chi connectivity index (χ0v) is 17.8. The number of hydrogen-bond donors (Lipinski definition) is 2. The third-order valence-electron chi connectivity index (χ3n) is 4.81. The molecule has 0 radical (unpaired) electrons. The third-order valence-corrected chi connectivity index (χ3v) is 4.81. The molecular formula is C21H30N4O4. The maximum Gasteiger partial charge on any atom is 0.356 e. The summed E-state index contributed by atoms with van der Waals surface area (Å²) >= 11 is 0. The Kier molecular flexibility index (Phi) is 6.12. The van der Waals surface area contributed by atoms with Gasteiger partial charge in [0.15, 0.2) is 5.69 Å². The Morgan fingerprint density at radius 1 is 1.38 bits per heavy atom. The molecule has 0 aromatic carbocycles. The van der Waals surface area contributed by atoms with Crippen LogP contribution in [0.25, 0.3) is 11.0 Å². The van der Waals surface area contributed by atoms with Crippen LogP contribution in [0.4, 0.5) is 11.4 Å². The first-order valence-corrected chi connectivity index (χ1v) is 9.93. The van der Waals surface area contributed by atoms with Gasteiger partial charge in [0.1, 0.15) is 5.65 Å². The molecule has 2 aromatic rings. The molecule has 1 fully saturated rings. The molecule has 0 saturated carbocycles. The van der Waals surface area contributed by atoms with Crippen LogP contribution < -0.4 is 10.6 Å². The molecule has 1 saturated heterocycles. The molecule has 1 unspecified atom stereocenters. The molecule has 3 heterocycles. The van der Waals surface area contributed by atoms with Gasteiger partial charge in [-0.1, -0.05) is 20.8 Å². The molecule has 1 aliphatic rings. The van der Waals surface area contributed by atoms with Crippen molar-refractivity contribution in [3.05, 3.63) is 18.0 Å². The Hall–Kier alpha value is -2.61. The lowest BCUT2D eigenvalue weighted by Crippen LogP contribution is -2.21. The van der Waals surface area contributed by atoms with E-state index in [0.717, 1.165) is 25.1 Å². The highest BCUT2D eigenvalue weighted by molar-refractivity contribution is 6.10. The zero-order valence-electron chi connectivity index (χ0n) is 17.8. The van der Waals surface area contributed by atoms with Crippen LogP contribution in [0.1, 0.15) is 51.0 Å². The van der Waals surface area contributed by atoms with Gasteiger partial charge in [0, 0.05) is 25.5 Å². The van der Waals surface area contributed by atoms with E-state index in [1.807, 2.05) is 6.07 Å². The van der Waals surface area contributed by atoms with Crippen LogP contribution in [0.3, 0.4) is 0 Å². The number of ether oxygens (including phenoxy) is 2. The summed E-state index contributed by atoms with van der Waals surface area (Å²) in [5.74, 6) is -0.784. The molecule has 2 aromatic heterocycles. The van der Waals surface area contributed by atoms with Crippen LogP contribution in [-0.2, 0) is 20.8 Å². The number of nitrogens with one attached hydrogen (secondary N) is 2. The second-order valence-corrected chi connectivity index (χ2v) is 8.65. The van der Waals surface area contributed by atoms with Crippen molar-refractivity contribution in [3.8, 4) is 0 Å². The Labute approximate surface area is 171 Å². The van der Waals surface area contributed by atoms with E-state index in [4.69, 9.17) is 9.47 Å². The molecule has 1 aliphatic heterocycles. The van der Waals surface area contributed by atoms with E-state index in [1.165, 1.54) is 14.0 Å². The summed E-state index contributed by atoms with van der Waals surface area (Å²) in [7, 11) is 1.33. The second-order valence-electron chi connectivity index (χ2n) is 8.65. The van der Waals surface area contributed by atoms with Crippen LogP contribution >= 0.6 is 0 Å². The molecule has 1 atom stereocenters. The van der Waals surface area contributed by atoms with E-state index >= 15 is 0 Å². The van der Waals surface area contributed by atoms with Crippen molar-refractivity contribution in [3.63, 3.8) is 0 Å². The smallest absolute Gasteiger partial charge is 0.356 e. The number of carbonyl (C=O) groups excluding carboxylic acids is 2. The highest BCUT2D eigenvalue weighted by atomic mass is 16.5. The number of carbonyl (C=O) groups is 2. The van der Waals surface area contributed by atoms with Gasteiger partial charge in [0.25, 0.3) is 0 Å². The Morgan fingerprint density at radius 3 is 2.72 bits per heavy atom. The number of pyridine rings is 1. The van der Waals surface area contributed by atoms with E-state index < -0.39 is 5.97 Å². The molecule has 0 spiro atoms. The topological polar surface area (TPSA) is 94.5 Å². The number of amides is 1. The van der Waals surface area contributed by atoms with Gasteiger partial charge < -0.3 is 24.7 Å². The second kappa shape index (κ2) is 8.41. The lowest BCUT2D eigenvalue weighted by atomic mass is 9.97. The summed E-state index contributed by atoms with van der Waals surface area (Å²) in [6.45, 7) is 9.79. The fraction of sp³-hybridized carbons (Fsp3) is 0.571. The molecule has 8 nitrogen and oxygen atoms in total. The SMILES string of the molecule is COC(=O)c1c(NC(C)=O)c2cc(NCC(C)(C)C)cnc2n1CC1CCCO1. The van der Waals surface area contributed by atoms with E-state index in [0.29, 0.717) is 29.9 Å². The summed E-state index contributed by atoms with van der Waals surface area (Å²) in [6, 6.07) is 1.91. The lowest BCUT2D eigenvalue weighted by Gasteiger charge is -2.19. The van der Waals surface area contributed by atoms with Crippen molar-refractivity contribution in [2.75, 3.05) is 30.9 Å². The van der Waals surface area contributed by atoms with Gasteiger partial charge in [-0.05, 0) is 24.3 Å². The van der Waals surface area contributed by atoms with Gasteiger partial charge in [-0.15, -0.1) is 0 Å². The number of esters is 1. The predicted octanol–water partition coefficient (Wildman–Crippen LogP) is 3.42.